The first-order chi connectivity index (χ1) is 8.25. The van der Waals surface area contributed by atoms with Crippen LogP contribution in [0.25, 0.3) is 0 Å². The third-order valence-electron chi connectivity index (χ3n) is 3.72. The van der Waals surface area contributed by atoms with Crippen molar-refractivity contribution in [2.45, 2.75) is 32.6 Å². The van der Waals surface area contributed by atoms with Gasteiger partial charge >= 0.3 is 0 Å². The summed E-state index contributed by atoms with van der Waals surface area (Å²) >= 11 is 0. The Morgan fingerprint density at radius 1 is 1.18 bits per heavy atom. The average Bonchev–Trinajstić information content (AvgIpc) is 2.39. The van der Waals surface area contributed by atoms with Gasteiger partial charge in [-0.2, -0.15) is 0 Å². The summed E-state index contributed by atoms with van der Waals surface area (Å²) in [5, 5.41) is 0. The van der Waals surface area contributed by atoms with Gasteiger partial charge in [0.05, 0.1) is 0 Å². The maximum Gasteiger partial charge on any atom is 0.125 e. The van der Waals surface area contributed by atoms with Crippen molar-refractivity contribution in [3.63, 3.8) is 0 Å². The molecule has 17 heavy (non-hydrogen) atoms. The number of benzene rings is 1. The van der Waals surface area contributed by atoms with Gasteiger partial charge < -0.3 is 5.73 Å². The first-order valence-corrected chi connectivity index (χ1v) is 6.61. The Kier molecular flexibility index (Phi) is 4.18. The molecular weight excluding hydrogens is 208 g/mol. The van der Waals surface area contributed by atoms with E-state index in [1.807, 2.05) is 30.3 Å². The maximum atomic E-state index is 5.99. The van der Waals surface area contributed by atoms with Crippen molar-refractivity contribution in [1.82, 2.24) is 0 Å². The maximum absolute atomic E-state index is 5.99. The van der Waals surface area contributed by atoms with E-state index in [0.29, 0.717) is 5.84 Å². The number of nitrogens with two attached hydrogens (primary N) is 1. The van der Waals surface area contributed by atoms with E-state index in [0.717, 1.165) is 23.9 Å². The van der Waals surface area contributed by atoms with E-state index in [1.54, 1.807) is 0 Å². The average molecular weight is 230 g/mol. The number of amidine groups is 1. The van der Waals surface area contributed by atoms with Crippen LogP contribution in [0.1, 0.15) is 38.2 Å². The molecule has 0 aromatic heterocycles. The molecule has 1 aromatic carbocycles. The fraction of sp³-hybridized carbons (Fsp3) is 0.533. The number of hydrogen-bond donors (Lipinski definition) is 1. The second kappa shape index (κ2) is 5.85. The van der Waals surface area contributed by atoms with E-state index in [-0.39, 0.29) is 0 Å². The molecule has 2 N–H and O–H groups in total. The summed E-state index contributed by atoms with van der Waals surface area (Å²) in [7, 11) is 0. The Labute approximate surface area is 104 Å². The van der Waals surface area contributed by atoms with Crippen LogP contribution >= 0.6 is 0 Å². The molecule has 1 fully saturated rings. The second-order valence-corrected chi connectivity index (χ2v) is 5.22. The zero-order valence-corrected chi connectivity index (χ0v) is 10.6. The molecule has 0 unspecified atom stereocenters. The standard InChI is InChI=1S/C15H22N2/c1-12-7-9-13(10-8-12)11-17-15(16)14-5-3-2-4-6-14/h2-6,12-13H,7-11H2,1H3,(H2,16,17). The predicted molar refractivity (Wildman–Crippen MR) is 73.2 cm³/mol. The Morgan fingerprint density at radius 2 is 1.82 bits per heavy atom. The highest BCUT2D eigenvalue weighted by molar-refractivity contribution is 5.97. The van der Waals surface area contributed by atoms with Crippen LogP contribution in [-0.4, -0.2) is 12.4 Å². The topological polar surface area (TPSA) is 38.4 Å². The molecule has 0 amide bonds. The van der Waals surface area contributed by atoms with Crippen molar-refractivity contribution < 1.29 is 0 Å². The zero-order valence-electron chi connectivity index (χ0n) is 10.6. The summed E-state index contributed by atoms with van der Waals surface area (Å²) < 4.78 is 0. The SMILES string of the molecule is CC1CCC(CN=C(N)c2ccccc2)CC1. The molecule has 0 heterocycles. The molecule has 0 atom stereocenters. The molecule has 2 heteroatoms. The van der Waals surface area contributed by atoms with Crippen LogP contribution in [0.15, 0.2) is 35.3 Å². The summed E-state index contributed by atoms with van der Waals surface area (Å²) in [6.07, 6.45) is 5.33. The lowest BCUT2D eigenvalue weighted by molar-refractivity contribution is 0.296. The normalized spacial score (nSPS) is 25.8. The van der Waals surface area contributed by atoms with Crippen LogP contribution in [0.4, 0.5) is 0 Å². The second-order valence-electron chi connectivity index (χ2n) is 5.22. The van der Waals surface area contributed by atoms with Crippen molar-refractivity contribution in [3.8, 4) is 0 Å². The molecule has 1 saturated carbocycles. The van der Waals surface area contributed by atoms with Gasteiger partial charge in [0.1, 0.15) is 5.84 Å². The van der Waals surface area contributed by atoms with Gasteiger partial charge in [-0.05, 0) is 24.7 Å². The number of aliphatic imine (C=N–C) groups is 1. The van der Waals surface area contributed by atoms with E-state index < -0.39 is 0 Å². The molecule has 92 valence electrons. The zero-order chi connectivity index (χ0) is 12.1. The molecule has 1 aromatic rings. The van der Waals surface area contributed by atoms with Crippen molar-refractivity contribution in [3.05, 3.63) is 35.9 Å². The quantitative estimate of drug-likeness (QED) is 0.628. The summed E-state index contributed by atoms with van der Waals surface area (Å²) in [6.45, 7) is 3.24. The van der Waals surface area contributed by atoms with E-state index >= 15 is 0 Å². The van der Waals surface area contributed by atoms with Gasteiger partial charge in [-0.15, -0.1) is 0 Å². The van der Waals surface area contributed by atoms with Crippen LogP contribution < -0.4 is 5.73 Å². The number of hydrogen-bond acceptors (Lipinski definition) is 1. The van der Waals surface area contributed by atoms with E-state index in [4.69, 9.17) is 5.73 Å². The molecule has 1 aliphatic carbocycles. The lowest BCUT2D eigenvalue weighted by Gasteiger charge is -2.24. The molecule has 2 nitrogen and oxygen atoms in total. The number of rotatable bonds is 3. The van der Waals surface area contributed by atoms with E-state index in [1.165, 1.54) is 25.7 Å². The Bertz CT molecular complexity index is 362. The first kappa shape index (κ1) is 12.2. The third kappa shape index (κ3) is 3.58. The Balaban J connectivity index is 1.88. The molecule has 0 spiro atoms. The molecule has 0 saturated heterocycles. The van der Waals surface area contributed by atoms with Crippen LogP contribution in [0.5, 0.6) is 0 Å². The van der Waals surface area contributed by atoms with Crippen LogP contribution in [0.2, 0.25) is 0 Å². The summed E-state index contributed by atoms with van der Waals surface area (Å²) in [6, 6.07) is 10.0. The van der Waals surface area contributed by atoms with E-state index in [2.05, 4.69) is 11.9 Å². The van der Waals surface area contributed by atoms with Crippen LogP contribution in [0.3, 0.4) is 0 Å². The van der Waals surface area contributed by atoms with Gasteiger partial charge in [-0.25, -0.2) is 0 Å². The van der Waals surface area contributed by atoms with Gasteiger partial charge in [0.15, 0.2) is 0 Å². The largest absolute Gasteiger partial charge is 0.384 e. The minimum Gasteiger partial charge on any atom is -0.384 e. The van der Waals surface area contributed by atoms with Gasteiger partial charge in [-0.3, -0.25) is 4.99 Å². The fourth-order valence-corrected chi connectivity index (χ4v) is 2.44. The van der Waals surface area contributed by atoms with Crippen molar-refractivity contribution in [2.75, 3.05) is 6.54 Å². The molecule has 0 radical (unpaired) electrons. The lowest BCUT2D eigenvalue weighted by atomic mass is 9.83. The molecule has 2 rings (SSSR count). The highest BCUT2D eigenvalue weighted by Gasteiger charge is 2.17. The van der Waals surface area contributed by atoms with E-state index in [9.17, 15) is 0 Å². The lowest BCUT2D eigenvalue weighted by Crippen LogP contribution is -2.19. The molecule has 1 aliphatic rings. The highest BCUT2D eigenvalue weighted by Crippen LogP contribution is 2.28. The number of nitrogens with zero attached hydrogens (tertiary/aromatic N) is 1. The molecule has 0 bridgehead atoms. The minimum atomic E-state index is 0.684. The third-order valence-corrected chi connectivity index (χ3v) is 3.72. The summed E-state index contributed by atoms with van der Waals surface area (Å²) in [4.78, 5) is 4.54. The summed E-state index contributed by atoms with van der Waals surface area (Å²) in [5.41, 5.74) is 7.03. The van der Waals surface area contributed by atoms with Crippen molar-refractivity contribution in [1.29, 1.82) is 0 Å². The molecular formula is C15H22N2. The smallest absolute Gasteiger partial charge is 0.125 e. The van der Waals surface area contributed by atoms with Crippen LogP contribution in [-0.2, 0) is 0 Å². The predicted octanol–water partition coefficient (Wildman–Crippen LogP) is 3.22. The van der Waals surface area contributed by atoms with Gasteiger partial charge in [0, 0.05) is 12.1 Å². The van der Waals surface area contributed by atoms with Gasteiger partial charge in [0.25, 0.3) is 0 Å². The van der Waals surface area contributed by atoms with Gasteiger partial charge in [-0.1, -0.05) is 50.1 Å². The first-order valence-electron chi connectivity index (χ1n) is 6.61. The fourth-order valence-electron chi connectivity index (χ4n) is 2.44. The Hall–Kier alpha value is -1.31. The highest BCUT2D eigenvalue weighted by atomic mass is 14.9. The van der Waals surface area contributed by atoms with Crippen molar-refractivity contribution in [2.24, 2.45) is 22.6 Å². The summed E-state index contributed by atoms with van der Waals surface area (Å²) in [5.74, 6) is 2.33. The Morgan fingerprint density at radius 3 is 2.47 bits per heavy atom. The van der Waals surface area contributed by atoms with Gasteiger partial charge in [0.2, 0.25) is 0 Å². The minimum absolute atomic E-state index is 0.684. The van der Waals surface area contributed by atoms with Crippen molar-refractivity contribution >= 4 is 5.84 Å². The van der Waals surface area contributed by atoms with Crippen LogP contribution in [0, 0.1) is 11.8 Å². The monoisotopic (exact) mass is 230 g/mol. The molecule has 0 aliphatic heterocycles.